The Hall–Kier alpha value is -3.26. The highest BCUT2D eigenvalue weighted by atomic mass is 32.1. The molecular formula is C29H39N7O6PS-. The van der Waals surface area contributed by atoms with Crippen molar-refractivity contribution >= 4 is 30.8 Å². The van der Waals surface area contributed by atoms with Crippen molar-refractivity contribution in [3.63, 3.8) is 0 Å². The molecule has 238 valence electrons. The highest BCUT2D eigenvalue weighted by molar-refractivity contribution is 7.44. The lowest BCUT2D eigenvalue weighted by Gasteiger charge is -2.34. The number of hydrogen-bond donors (Lipinski definition) is 2. The topological polar surface area (TPSA) is 169 Å². The molecule has 0 aromatic carbocycles. The van der Waals surface area contributed by atoms with E-state index in [0.717, 1.165) is 18.8 Å². The van der Waals surface area contributed by atoms with E-state index in [1.54, 1.807) is 11.6 Å². The molecule has 1 aliphatic rings. The molecule has 1 atom stereocenters. The smallest absolute Gasteiger partial charge is 0.275 e. The summed E-state index contributed by atoms with van der Waals surface area (Å²) in [5, 5.41) is 13.7. The zero-order chi connectivity index (χ0) is 31.7. The molecule has 1 unspecified atom stereocenters. The van der Waals surface area contributed by atoms with Gasteiger partial charge in [-0.25, -0.2) is 9.67 Å². The van der Waals surface area contributed by atoms with Crippen LogP contribution in [0.1, 0.15) is 76.3 Å². The molecule has 1 saturated carbocycles. The van der Waals surface area contributed by atoms with Crippen molar-refractivity contribution in [2.45, 2.75) is 78.7 Å². The van der Waals surface area contributed by atoms with Crippen LogP contribution >= 0.6 is 19.2 Å². The van der Waals surface area contributed by atoms with Crippen molar-refractivity contribution in [1.82, 2.24) is 29.5 Å². The third kappa shape index (κ3) is 9.13. The van der Waals surface area contributed by atoms with E-state index < -0.39 is 20.5 Å². The van der Waals surface area contributed by atoms with Gasteiger partial charge in [0.05, 0.1) is 29.7 Å². The molecule has 4 heterocycles. The van der Waals surface area contributed by atoms with E-state index in [-0.39, 0.29) is 17.8 Å². The van der Waals surface area contributed by atoms with E-state index in [0.29, 0.717) is 34.3 Å². The summed E-state index contributed by atoms with van der Waals surface area (Å²) in [6.07, 6.45) is 12.4. The fourth-order valence-corrected chi connectivity index (χ4v) is 5.77. The minimum Gasteiger partial charge on any atom is -0.756 e. The molecule has 5 rings (SSSR count). The van der Waals surface area contributed by atoms with Gasteiger partial charge in [0.25, 0.3) is 13.7 Å². The maximum atomic E-state index is 13.1. The highest BCUT2D eigenvalue weighted by Crippen LogP contribution is 2.37. The van der Waals surface area contributed by atoms with Crippen molar-refractivity contribution in [2.75, 3.05) is 11.9 Å². The molecule has 4 aromatic heterocycles. The van der Waals surface area contributed by atoms with Crippen LogP contribution in [-0.2, 0) is 20.6 Å². The third-order valence-corrected chi connectivity index (χ3v) is 8.77. The second kappa shape index (κ2) is 15.6. The van der Waals surface area contributed by atoms with Crippen LogP contribution in [0.2, 0.25) is 0 Å². The Kier molecular flexibility index (Phi) is 12.0. The Morgan fingerprint density at radius 3 is 2.57 bits per heavy atom. The summed E-state index contributed by atoms with van der Waals surface area (Å²) in [5.41, 5.74) is 2.47. The van der Waals surface area contributed by atoms with Gasteiger partial charge in [0.2, 0.25) is 0 Å². The van der Waals surface area contributed by atoms with Crippen LogP contribution in [-0.4, -0.2) is 53.0 Å². The maximum absolute atomic E-state index is 13.1. The number of hydrogen-bond acceptors (Lipinski definition) is 10. The van der Waals surface area contributed by atoms with Gasteiger partial charge in [-0.2, -0.15) is 10.2 Å². The molecule has 0 radical (unpaired) electrons. The Bertz CT molecular complexity index is 1520. The Morgan fingerprint density at radius 2 is 1.95 bits per heavy atom. The first kappa shape index (κ1) is 33.6. The minimum absolute atomic E-state index is 0.178. The number of rotatable bonds is 13. The first-order chi connectivity index (χ1) is 21.1. The van der Waals surface area contributed by atoms with Crippen molar-refractivity contribution in [3.8, 4) is 22.0 Å². The van der Waals surface area contributed by atoms with Gasteiger partial charge in [0, 0.05) is 36.1 Å². The summed E-state index contributed by atoms with van der Waals surface area (Å²) in [6, 6.07) is 5.68. The molecule has 0 saturated heterocycles. The maximum Gasteiger partial charge on any atom is 0.275 e. The summed E-state index contributed by atoms with van der Waals surface area (Å²) in [7, 11) is -4.87. The molecule has 0 aliphatic heterocycles. The highest BCUT2D eigenvalue weighted by Gasteiger charge is 2.32. The van der Waals surface area contributed by atoms with Gasteiger partial charge in [-0.3, -0.25) is 23.5 Å². The van der Waals surface area contributed by atoms with E-state index in [9.17, 15) is 14.3 Å². The normalized spacial score (nSPS) is 17.4. The number of nitrogens with zero attached hydrogens (tertiary/aromatic N) is 6. The SMILES string of the molecule is CCC(CC)CC.CCOC1CC(n2cc(NC(=O)c3csc(-c4cnn(COP(=O)([O-])O)c4)n3)c(-c3ccccn3)n2)C1. The fourth-order valence-electron chi connectivity index (χ4n) is 4.73. The second-order valence-electron chi connectivity index (χ2n) is 10.4. The lowest BCUT2D eigenvalue weighted by atomic mass is 9.89. The van der Waals surface area contributed by atoms with Crippen LogP contribution in [0.25, 0.3) is 22.0 Å². The summed E-state index contributed by atoms with van der Waals surface area (Å²) >= 11 is 1.23. The van der Waals surface area contributed by atoms with Crippen molar-refractivity contribution in [2.24, 2.45) is 5.92 Å². The molecule has 15 heteroatoms. The number of carbonyl (C=O) groups is 1. The standard InChI is InChI=1S/C22H24N7O6PS.C7H16/c1-2-34-16-7-15(8-16)29-11-18(20(27-29)17-5-3-4-6-23-17)25-21(30)19-12-37-22(26-19)14-9-24-28(10-14)13-35-36(31,32)33;1-4-7(5-2)6-3/h3-6,9-12,15-16H,2,7-8,13H2,1H3,(H,25,30)(H2,31,32,33);7H,4-6H2,1-3H3/p-1. The summed E-state index contributed by atoms with van der Waals surface area (Å²) < 4.78 is 23.8. The lowest BCUT2D eigenvalue weighted by molar-refractivity contribution is -0.223. The third-order valence-electron chi connectivity index (χ3n) is 7.44. The van der Waals surface area contributed by atoms with Gasteiger partial charge < -0.3 is 19.8 Å². The largest absolute Gasteiger partial charge is 0.756 e. The number of amides is 1. The van der Waals surface area contributed by atoms with E-state index in [4.69, 9.17) is 14.7 Å². The predicted octanol–water partition coefficient (Wildman–Crippen LogP) is 5.52. The Balaban J connectivity index is 0.000000566. The number of phosphoric ester groups is 1. The van der Waals surface area contributed by atoms with Gasteiger partial charge >= 0.3 is 0 Å². The first-order valence-electron chi connectivity index (χ1n) is 14.7. The van der Waals surface area contributed by atoms with E-state index in [1.165, 1.54) is 47.7 Å². The number of ether oxygens (including phenoxy) is 1. The zero-order valence-electron chi connectivity index (χ0n) is 25.3. The number of thiazole rings is 1. The van der Waals surface area contributed by atoms with Gasteiger partial charge in [0.15, 0.2) is 0 Å². The Morgan fingerprint density at radius 1 is 1.20 bits per heavy atom. The molecular weight excluding hydrogens is 605 g/mol. The number of anilines is 1. The van der Waals surface area contributed by atoms with Gasteiger partial charge in [0.1, 0.15) is 23.1 Å². The summed E-state index contributed by atoms with van der Waals surface area (Å²) in [5.74, 6) is 0.573. The van der Waals surface area contributed by atoms with Crippen LogP contribution in [0.4, 0.5) is 5.69 Å². The quantitative estimate of drug-likeness (QED) is 0.177. The fraction of sp³-hybridized carbons (Fsp3) is 0.483. The molecule has 1 fully saturated rings. The lowest BCUT2D eigenvalue weighted by Crippen LogP contribution is -2.33. The molecule has 1 aliphatic carbocycles. The monoisotopic (exact) mass is 644 g/mol. The van der Waals surface area contributed by atoms with Crippen molar-refractivity contribution in [1.29, 1.82) is 0 Å². The average molecular weight is 645 g/mol. The Labute approximate surface area is 260 Å². The van der Waals surface area contributed by atoms with Crippen LogP contribution < -0.4 is 10.2 Å². The number of carbonyl (C=O) groups excluding carboxylic acids is 1. The molecule has 0 bridgehead atoms. The zero-order valence-corrected chi connectivity index (χ0v) is 27.0. The van der Waals surface area contributed by atoms with E-state index in [2.05, 4.69) is 45.7 Å². The van der Waals surface area contributed by atoms with Crippen LogP contribution in [0.15, 0.2) is 48.4 Å². The van der Waals surface area contributed by atoms with E-state index >= 15 is 0 Å². The summed E-state index contributed by atoms with van der Waals surface area (Å²) in [4.78, 5) is 41.4. The predicted molar refractivity (Wildman–Crippen MR) is 166 cm³/mol. The molecule has 4 aromatic rings. The number of pyridine rings is 1. The molecule has 1 amide bonds. The number of phosphoric acid groups is 1. The van der Waals surface area contributed by atoms with Crippen LogP contribution in [0.5, 0.6) is 0 Å². The number of aromatic nitrogens is 6. The molecule has 44 heavy (non-hydrogen) atoms. The van der Waals surface area contributed by atoms with E-state index in [1.807, 2.05) is 36.0 Å². The molecule has 2 N–H and O–H groups in total. The summed E-state index contributed by atoms with van der Waals surface area (Å²) in [6.45, 7) is 8.95. The average Bonchev–Trinajstić information content (AvgIpc) is 3.75. The van der Waals surface area contributed by atoms with Gasteiger partial charge in [-0.1, -0.05) is 46.1 Å². The minimum atomic E-state index is -4.87. The van der Waals surface area contributed by atoms with Gasteiger partial charge in [-0.15, -0.1) is 11.3 Å². The van der Waals surface area contributed by atoms with Gasteiger partial charge in [-0.05, 0) is 37.8 Å². The molecule has 13 nitrogen and oxygen atoms in total. The van der Waals surface area contributed by atoms with Crippen molar-refractivity contribution in [3.05, 3.63) is 54.1 Å². The first-order valence-corrected chi connectivity index (χ1v) is 17.1. The van der Waals surface area contributed by atoms with Crippen LogP contribution in [0, 0.1) is 5.92 Å². The van der Waals surface area contributed by atoms with Crippen molar-refractivity contribution < 1.29 is 28.4 Å². The van der Waals surface area contributed by atoms with Crippen LogP contribution in [0.3, 0.4) is 0 Å². The number of nitrogens with one attached hydrogen (secondary N) is 1. The second-order valence-corrected chi connectivity index (χ2v) is 12.4. The molecule has 0 spiro atoms.